The molecule has 0 radical (unpaired) electrons. The maximum atomic E-state index is 6.19. The van der Waals surface area contributed by atoms with Crippen molar-refractivity contribution in [2.45, 2.75) is 47.0 Å². The lowest BCUT2D eigenvalue weighted by Crippen LogP contribution is -2.26. The zero-order chi connectivity index (χ0) is 12.8. The number of nitrogens with zero attached hydrogens (tertiary/aromatic N) is 3. The maximum absolute atomic E-state index is 6.19. The van der Waals surface area contributed by atoms with Crippen LogP contribution in [0.3, 0.4) is 0 Å². The van der Waals surface area contributed by atoms with Gasteiger partial charge >= 0.3 is 0 Å². The summed E-state index contributed by atoms with van der Waals surface area (Å²) in [6, 6.07) is 0. The molecule has 0 bridgehead atoms. The molecule has 1 rings (SSSR count). The van der Waals surface area contributed by atoms with Crippen LogP contribution in [0.5, 0.6) is 0 Å². The van der Waals surface area contributed by atoms with E-state index in [4.69, 9.17) is 11.6 Å². The second-order valence-corrected chi connectivity index (χ2v) is 4.51. The van der Waals surface area contributed by atoms with Crippen molar-refractivity contribution in [3.8, 4) is 0 Å². The Morgan fingerprint density at radius 1 is 1.18 bits per heavy atom. The van der Waals surface area contributed by atoms with Crippen molar-refractivity contribution < 1.29 is 0 Å². The van der Waals surface area contributed by atoms with Crippen LogP contribution in [-0.4, -0.2) is 23.1 Å². The Bertz CT molecular complexity index is 366. The van der Waals surface area contributed by atoms with Crippen molar-refractivity contribution in [3.05, 3.63) is 16.5 Å². The molecule has 96 valence electrons. The number of hydrogen-bond acceptors (Lipinski definition) is 3. The summed E-state index contributed by atoms with van der Waals surface area (Å²) < 4.78 is 0. The van der Waals surface area contributed by atoms with Crippen molar-refractivity contribution in [2.75, 3.05) is 18.0 Å². The molecule has 0 amide bonds. The van der Waals surface area contributed by atoms with E-state index in [-0.39, 0.29) is 0 Å². The standard InChI is InChI=1S/C13H22ClN3/c1-5-8-9-17(7-3)13-11(6-2)12(14)15-10(4)16-13/h5-9H2,1-4H3. The van der Waals surface area contributed by atoms with Crippen LogP contribution in [0.1, 0.15) is 45.0 Å². The monoisotopic (exact) mass is 255 g/mol. The fraction of sp³-hybridized carbons (Fsp3) is 0.692. The van der Waals surface area contributed by atoms with Crippen molar-refractivity contribution in [1.82, 2.24) is 9.97 Å². The van der Waals surface area contributed by atoms with Crippen molar-refractivity contribution in [3.63, 3.8) is 0 Å². The van der Waals surface area contributed by atoms with Crippen LogP contribution in [0.4, 0.5) is 5.82 Å². The van der Waals surface area contributed by atoms with Gasteiger partial charge in [0.15, 0.2) is 0 Å². The SMILES string of the molecule is CCCCN(CC)c1nc(C)nc(Cl)c1CC. The van der Waals surface area contributed by atoms with Crippen LogP contribution in [0, 0.1) is 6.92 Å². The molecule has 0 aliphatic rings. The predicted molar refractivity (Wildman–Crippen MR) is 74.0 cm³/mol. The number of unbranched alkanes of at least 4 members (excludes halogenated alkanes) is 1. The summed E-state index contributed by atoms with van der Waals surface area (Å²) in [7, 11) is 0. The smallest absolute Gasteiger partial charge is 0.138 e. The summed E-state index contributed by atoms with van der Waals surface area (Å²) in [4.78, 5) is 11.1. The van der Waals surface area contributed by atoms with Crippen LogP contribution < -0.4 is 4.90 Å². The molecule has 0 N–H and O–H groups in total. The van der Waals surface area contributed by atoms with E-state index in [9.17, 15) is 0 Å². The highest BCUT2D eigenvalue weighted by molar-refractivity contribution is 6.30. The highest BCUT2D eigenvalue weighted by atomic mass is 35.5. The minimum atomic E-state index is 0.602. The highest BCUT2D eigenvalue weighted by Gasteiger charge is 2.14. The number of anilines is 1. The third kappa shape index (κ3) is 3.56. The van der Waals surface area contributed by atoms with Crippen LogP contribution in [0.25, 0.3) is 0 Å². The van der Waals surface area contributed by atoms with Gasteiger partial charge in [-0.25, -0.2) is 9.97 Å². The fourth-order valence-corrected chi connectivity index (χ4v) is 2.22. The number of hydrogen-bond donors (Lipinski definition) is 0. The van der Waals surface area contributed by atoms with Crippen LogP contribution >= 0.6 is 11.6 Å². The average molecular weight is 256 g/mol. The molecule has 0 unspecified atom stereocenters. The third-order valence-corrected chi connectivity index (χ3v) is 3.18. The summed E-state index contributed by atoms with van der Waals surface area (Å²) >= 11 is 6.19. The van der Waals surface area contributed by atoms with Gasteiger partial charge in [0, 0.05) is 18.7 Å². The summed E-state index contributed by atoms with van der Waals surface area (Å²) in [6.07, 6.45) is 3.24. The Balaban J connectivity index is 3.07. The molecule has 3 nitrogen and oxygen atoms in total. The molecule has 0 atom stereocenters. The minimum Gasteiger partial charge on any atom is -0.357 e. The van der Waals surface area contributed by atoms with Crippen LogP contribution in [0.2, 0.25) is 5.15 Å². The second-order valence-electron chi connectivity index (χ2n) is 4.15. The zero-order valence-electron chi connectivity index (χ0n) is 11.3. The second kappa shape index (κ2) is 6.80. The molecule has 0 fully saturated rings. The number of aromatic nitrogens is 2. The lowest BCUT2D eigenvalue weighted by Gasteiger charge is -2.24. The highest BCUT2D eigenvalue weighted by Crippen LogP contribution is 2.25. The first-order valence-electron chi connectivity index (χ1n) is 6.41. The fourth-order valence-electron chi connectivity index (χ4n) is 1.88. The van der Waals surface area contributed by atoms with E-state index in [1.54, 1.807) is 0 Å². The van der Waals surface area contributed by atoms with Gasteiger partial charge in [-0.2, -0.15) is 0 Å². The van der Waals surface area contributed by atoms with Crippen molar-refractivity contribution in [1.29, 1.82) is 0 Å². The quantitative estimate of drug-likeness (QED) is 0.727. The van der Waals surface area contributed by atoms with Gasteiger partial charge in [0.1, 0.15) is 16.8 Å². The van der Waals surface area contributed by atoms with E-state index in [0.29, 0.717) is 5.15 Å². The Morgan fingerprint density at radius 3 is 2.41 bits per heavy atom. The van der Waals surface area contributed by atoms with E-state index in [2.05, 4.69) is 35.6 Å². The third-order valence-electron chi connectivity index (χ3n) is 2.86. The number of aryl methyl sites for hydroxylation is 1. The molecule has 0 aliphatic carbocycles. The lowest BCUT2D eigenvalue weighted by atomic mass is 10.2. The predicted octanol–water partition coefficient (Wildman–Crippen LogP) is 3.63. The van der Waals surface area contributed by atoms with Gasteiger partial charge in [0.2, 0.25) is 0 Å². The molecule has 1 heterocycles. The Kier molecular flexibility index (Phi) is 5.69. The van der Waals surface area contributed by atoms with E-state index < -0.39 is 0 Å². The molecular weight excluding hydrogens is 234 g/mol. The molecule has 0 saturated carbocycles. The van der Waals surface area contributed by atoms with Crippen molar-refractivity contribution >= 4 is 17.4 Å². The van der Waals surface area contributed by atoms with Gasteiger partial charge in [-0.1, -0.05) is 31.9 Å². The van der Waals surface area contributed by atoms with E-state index in [0.717, 1.165) is 36.7 Å². The molecule has 0 aromatic carbocycles. The molecule has 17 heavy (non-hydrogen) atoms. The van der Waals surface area contributed by atoms with E-state index in [1.807, 2.05) is 6.92 Å². The number of rotatable bonds is 6. The summed E-state index contributed by atoms with van der Waals surface area (Å²) in [5, 5.41) is 0.602. The Labute approximate surface area is 109 Å². The average Bonchev–Trinajstić information content (AvgIpc) is 2.29. The van der Waals surface area contributed by atoms with Crippen molar-refractivity contribution in [2.24, 2.45) is 0 Å². The molecule has 4 heteroatoms. The first-order valence-corrected chi connectivity index (χ1v) is 6.79. The van der Waals surface area contributed by atoms with Gasteiger partial charge in [0.25, 0.3) is 0 Å². The topological polar surface area (TPSA) is 29.0 Å². The minimum absolute atomic E-state index is 0.602. The maximum Gasteiger partial charge on any atom is 0.138 e. The summed E-state index contributed by atoms with van der Waals surface area (Å²) in [6.45, 7) is 10.3. The summed E-state index contributed by atoms with van der Waals surface area (Å²) in [5.74, 6) is 1.76. The van der Waals surface area contributed by atoms with Gasteiger partial charge in [-0.3, -0.25) is 0 Å². The molecular formula is C13H22ClN3. The van der Waals surface area contributed by atoms with Gasteiger partial charge in [-0.15, -0.1) is 0 Å². The zero-order valence-corrected chi connectivity index (χ0v) is 12.0. The first-order chi connectivity index (χ1) is 8.13. The Morgan fingerprint density at radius 2 is 1.88 bits per heavy atom. The normalized spacial score (nSPS) is 10.6. The Hall–Kier alpha value is -0.830. The summed E-state index contributed by atoms with van der Waals surface area (Å²) in [5.41, 5.74) is 1.07. The van der Waals surface area contributed by atoms with E-state index >= 15 is 0 Å². The number of halogens is 1. The molecule has 1 aromatic heterocycles. The van der Waals surface area contributed by atoms with Gasteiger partial charge in [0.05, 0.1) is 0 Å². The molecule has 0 spiro atoms. The van der Waals surface area contributed by atoms with Crippen LogP contribution in [-0.2, 0) is 6.42 Å². The molecule has 0 aliphatic heterocycles. The van der Waals surface area contributed by atoms with E-state index in [1.165, 1.54) is 12.8 Å². The molecule has 1 aromatic rings. The molecule has 0 saturated heterocycles. The largest absolute Gasteiger partial charge is 0.357 e. The lowest BCUT2D eigenvalue weighted by molar-refractivity contribution is 0.716. The van der Waals surface area contributed by atoms with Crippen LogP contribution in [0.15, 0.2) is 0 Å². The first kappa shape index (κ1) is 14.2. The van der Waals surface area contributed by atoms with Gasteiger partial charge < -0.3 is 4.90 Å². The van der Waals surface area contributed by atoms with Gasteiger partial charge in [-0.05, 0) is 26.7 Å².